The predicted molar refractivity (Wildman–Crippen MR) is 101 cm³/mol. The van der Waals surface area contributed by atoms with E-state index in [1.54, 1.807) is 6.33 Å². The van der Waals surface area contributed by atoms with Crippen molar-refractivity contribution >= 4 is 16.9 Å². The second kappa shape index (κ2) is 7.70. The molecule has 1 fully saturated rings. The summed E-state index contributed by atoms with van der Waals surface area (Å²) in [4.78, 5) is 17.5. The summed E-state index contributed by atoms with van der Waals surface area (Å²) in [5, 5.41) is 3.09. The van der Waals surface area contributed by atoms with E-state index in [1.807, 2.05) is 59.2 Å². The average molecular weight is 349 g/mol. The first-order chi connectivity index (χ1) is 12.8. The lowest BCUT2D eigenvalue weighted by molar-refractivity contribution is -0.123. The lowest BCUT2D eigenvalue weighted by atomic mass is 10.1. The van der Waals surface area contributed by atoms with Crippen molar-refractivity contribution in [2.45, 2.75) is 31.4 Å². The van der Waals surface area contributed by atoms with Crippen LogP contribution in [0.25, 0.3) is 11.0 Å². The summed E-state index contributed by atoms with van der Waals surface area (Å²) in [5.74, 6) is -0.0163. The molecule has 1 aliphatic heterocycles. The third-order valence-corrected chi connectivity index (χ3v) is 4.91. The zero-order chi connectivity index (χ0) is 17.8. The van der Waals surface area contributed by atoms with Crippen molar-refractivity contribution in [3.8, 4) is 0 Å². The Hall–Kier alpha value is -2.66. The molecule has 134 valence electrons. The van der Waals surface area contributed by atoms with Gasteiger partial charge in [0, 0.05) is 13.2 Å². The van der Waals surface area contributed by atoms with Crippen molar-refractivity contribution in [3.63, 3.8) is 0 Å². The number of ether oxygens (including phenoxy) is 1. The van der Waals surface area contributed by atoms with Crippen LogP contribution in [-0.2, 0) is 9.53 Å². The van der Waals surface area contributed by atoms with E-state index in [2.05, 4.69) is 10.3 Å². The number of rotatable bonds is 6. The molecule has 1 aromatic heterocycles. The maximum Gasteiger partial charge on any atom is 0.247 e. The number of imidazole rings is 1. The molecular formula is C21H23N3O2. The summed E-state index contributed by atoms with van der Waals surface area (Å²) in [6.07, 6.45) is 5.09. The number of hydrogen-bond acceptors (Lipinski definition) is 3. The first-order valence-corrected chi connectivity index (χ1v) is 9.19. The van der Waals surface area contributed by atoms with Gasteiger partial charge in [-0.1, -0.05) is 42.5 Å². The molecule has 0 spiro atoms. The molecule has 0 unspecified atom stereocenters. The number of benzene rings is 2. The summed E-state index contributed by atoms with van der Waals surface area (Å²) >= 11 is 0. The second-order valence-electron chi connectivity index (χ2n) is 6.67. The molecule has 2 heterocycles. The monoisotopic (exact) mass is 349 g/mol. The highest BCUT2D eigenvalue weighted by atomic mass is 16.5. The van der Waals surface area contributed by atoms with Crippen LogP contribution in [-0.4, -0.2) is 34.7 Å². The minimum atomic E-state index is -0.437. The molecule has 0 saturated carbocycles. The van der Waals surface area contributed by atoms with E-state index in [-0.39, 0.29) is 12.0 Å². The topological polar surface area (TPSA) is 56.1 Å². The average Bonchev–Trinajstić information content (AvgIpc) is 3.33. The number of nitrogens with one attached hydrogen (secondary N) is 1. The minimum absolute atomic E-state index is 0.0163. The molecule has 2 atom stereocenters. The van der Waals surface area contributed by atoms with Gasteiger partial charge in [-0.25, -0.2) is 4.98 Å². The van der Waals surface area contributed by atoms with E-state index in [4.69, 9.17) is 4.74 Å². The molecule has 5 nitrogen and oxygen atoms in total. The van der Waals surface area contributed by atoms with Crippen LogP contribution >= 0.6 is 0 Å². The maximum absolute atomic E-state index is 13.1. The Labute approximate surface area is 153 Å². The van der Waals surface area contributed by atoms with Gasteiger partial charge >= 0.3 is 0 Å². The minimum Gasteiger partial charge on any atom is -0.378 e. The van der Waals surface area contributed by atoms with Crippen molar-refractivity contribution in [2.24, 2.45) is 0 Å². The Balaban J connectivity index is 1.58. The number of nitrogens with zero attached hydrogens (tertiary/aromatic N) is 2. The summed E-state index contributed by atoms with van der Waals surface area (Å²) in [5.41, 5.74) is 2.79. The van der Waals surface area contributed by atoms with Crippen molar-refractivity contribution in [1.82, 2.24) is 14.9 Å². The number of amides is 1. The van der Waals surface area contributed by atoms with Gasteiger partial charge < -0.3 is 14.6 Å². The molecule has 3 aromatic rings. The van der Waals surface area contributed by atoms with Crippen LogP contribution in [0, 0.1) is 0 Å². The number of carbonyl (C=O) groups excluding carboxylic acids is 1. The first kappa shape index (κ1) is 16.8. The van der Waals surface area contributed by atoms with Crippen LogP contribution in [0.4, 0.5) is 0 Å². The molecule has 4 rings (SSSR count). The van der Waals surface area contributed by atoms with Crippen molar-refractivity contribution in [2.75, 3.05) is 13.2 Å². The predicted octanol–water partition coefficient (Wildman–Crippen LogP) is 3.31. The van der Waals surface area contributed by atoms with Crippen LogP contribution in [0.15, 0.2) is 60.9 Å². The third kappa shape index (κ3) is 3.48. The Morgan fingerprint density at radius 1 is 1.19 bits per heavy atom. The molecule has 0 bridgehead atoms. The van der Waals surface area contributed by atoms with Gasteiger partial charge in [0.2, 0.25) is 5.91 Å². The molecule has 1 saturated heterocycles. The number of para-hydroxylation sites is 2. The second-order valence-corrected chi connectivity index (χ2v) is 6.67. The zero-order valence-corrected chi connectivity index (χ0v) is 14.7. The Morgan fingerprint density at radius 3 is 2.81 bits per heavy atom. The van der Waals surface area contributed by atoms with Gasteiger partial charge in [0.1, 0.15) is 6.04 Å². The van der Waals surface area contributed by atoms with Gasteiger partial charge in [-0.2, -0.15) is 0 Å². The summed E-state index contributed by atoms with van der Waals surface area (Å²) in [6, 6.07) is 17.3. The van der Waals surface area contributed by atoms with Gasteiger partial charge in [-0.05, 0) is 37.0 Å². The SMILES string of the molecule is O=C(NCC[C@H]1CCCO1)[C@@H](c1ccccc1)n1cnc2ccccc21. The van der Waals surface area contributed by atoms with Crippen LogP contribution in [0.3, 0.4) is 0 Å². The normalized spacial score (nSPS) is 18.1. The van der Waals surface area contributed by atoms with Crippen LogP contribution in [0.1, 0.15) is 30.9 Å². The molecule has 5 heteroatoms. The van der Waals surface area contributed by atoms with Crippen molar-refractivity contribution < 1.29 is 9.53 Å². The number of aromatic nitrogens is 2. The Bertz CT molecular complexity index is 869. The zero-order valence-electron chi connectivity index (χ0n) is 14.7. The maximum atomic E-state index is 13.1. The Morgan fingerprint density at radius 2 is 2.00 bits per heavy atom. The number of fused-ring (bicyclic) bond motifs is 1. The van der Waals surface area contributed by atoms with E-state index >= 15 is 0 Å². The first-order valence-electron chi connectivity index (χ1n) is 9.19. The van der Waals surface area contributed by atoms with Crippen LogP contribution < -0.4 is 5.32 Å². The standard InChI is InChI=1S/C21H23N3O2/c25-21(22-13-12-17-9-6-14-26-17)20(16-7-2-1-3-8-16)24-15-23-18-10-4-5-11-19(18)24/h1-5,7-8,10-11,15,17,20H,6,9,12-14H2,(H,22,25)/t17-,20-/m1/s1. The lowest BCUT2D eigenvalue weighted by Gasteiger charge is -2.20. The highest BCUT2D eigenvalue weighted by Crippen LogP contribution is 2.24. The fourth-order valence-electron chi connectivity index (χ4n) is 3.58. The number of carbonyl (C=O) groups is 1. The quantitative estimate of drug-likeness (QED) is 0.743. The van der Waals surface area contributed by atoms with Gasteiger partial charge in [-0.15, -0.1) is 0 Å². The lowest BCUT2D eigenvalue weighted by Crippen LogP contribution is -2.34. The molecule has 0 radical (unpaired) electrons. The van der Waals surface area contributed by atoms with E-state index in [0.717, 1.165) is 42.5 Å². The van der Waals surface area contributed by atoms with Crippen molar-refractivity contribution in [3.05, 3.63) is 66.5 Å². The van der Waals surface area contributed by atoms with E-state index in [0.29, 0.717) is 6.54 Å². The fourth-order valence-corrected chi connectivity index (χ4v) is 3.58. The molecule has 26 heavy (non-hydrogen) atoms. The van der Waals surface area contributed by atoms with Crippen LogP contribution in [0.5, 0.6) is 0 Å². The van der Waals surface area contributed by atoms with E-state index < -0.39 is 6.04 Å². The fraction of sp³-hybridized carbons (Fsp3) is 0.333. The Kier molecular flexibility index (Phi) is 4.97. The van der Waals surface area contributed by atoms with Gasteiger partial charge in [0.15, 0.2) is 0 Å². The van der Waals surface area contributed by atoms with E-state index in [1.165, 1.54) is 0 Å². The van der Waals surface area contributed by atoms with E-state index in [9.17, 15) is 4.79 Å². The molecule has 1 amide bonds. The molecule has 2 aromatic carbocycles. The smallest absolute Gasteiger partial charge is 0.247 e. The highest BCUT2D eigenvalue weighted by Gasteiger charge is 2.24. The highest BCUT2D eigenvalue weighted by molar-refractivity contribution is 5.86. The molecule has 1 N–H and O–H groups in total. The summed E-state index contributed by atoms with van der Waals surface area (Å²) < 4.78 is 7.59. The van der Waals surface area contributed by atoms with Crippen molar-refractivity contribution in [1.29, 1.82) is 0 Å². The van der Waals surface area contributed by atoms with Crippen LogP contribution in [0.2, 0.25) is 0 Å². The molecule has 0 aliphatic carbocycles. The summed E-state index contributed by atoms with van der Waals surface area (Å²) in [6.45, 7) is 1.46. The van der Waals surface area contributed by atoms with Gasteiger partial charge in [0.25, 0.3) is 0 Å². The third-order valence-electron chi connectivity index (χ3n) is 4.91. The molecular weight excluding hydrogens is 326 g/mol. The van der Waals surface area contributed by atoms with Gasteiger partial charge in [-0.3, -0.25) is 4.79 Å². The summed E-state index contributed by atoms with van der Waals surface area (Å²) in [7, 11) is 0. The molecule has 1 aliphatic rings. The number of hydrogen-bond donors (Lipinski definition) is 1. The van der Waals surface area contributed by atoms with Gasteiger partial charge in [0.05, 0.1) is 23.5 Å². The largest absolute Gasteiger partial charge is 0.378 e.